The summed E-state index contributed by atoms with van der Waals surface area (Å²) in [5, 5.41) is 11.6. The second-order valence-electron chi connectivity index (χ2n) is 17.3. The van der Waals surface area contributed by atoms with Crippen molar-refractivity contribution in [1.29, 1.82) is 0 Å². The summed E-state index contributed by atoms with van der Waals surface area (Å²) in [5.74, 6) is -1.77. The molecule has 8 nitrogen and oxygen atoms in total. The van der Waals surface area contributed by atoms with E-state index >= 15 is 0 Å². The summed E-state index contributed by atoms with van der Waals surface area (Å²) >= 11 is 0. The lowest BCUT2D eigenvalue weighted by Crippen LogP contribution is -2.55. The number of hydrogen-bond donors (Lipinski definition) is 0. The van der Waals surface area contributed by atoms with Crippen LogP contribution in [0.4, 0.5) is 0 Å². The van der Waals surface area contributed by atoms with Gasteiger partial charge >= 0.3 is 11.9 Å². The predicted octanol–water partition coefficient (Wildman–Crippen LogP) is 12.4. The number of allylic oxidation sites excluding steroid dienone is 10. The minimum absolute atomic E-state index is 0.0299. The number of likely N-dealkylation sites (N-methyl/N-ethyl adjacent to an activating group) is 1. The number of hydrogen-bond acceptors (Lipinski definition) is 7. The number of carbonyl (C=O) groups excluding carboxylic acids is 3. The number of quaternary nitrogens is 1. The van der Waals surface area contributed by atoms with E-state index < -0.39 is 18.1 Å². The Morgan fingerprint density at radius 3 is 1.35 bits per heavy atom. The molecule has 0 bridgehead atoms. The van der Waals surface area contributed by atoms with Crippen molar-refractivity contribution in [3.05, 3.63) is 60.8 Å². The van der Waals surface area contributed by atoms with Gasteiger partial charge in [-0.3, -0.25) is 9.59 Å². The summed E-state index contributed by atoms with van der Waals surface area (Å²) in [6.45, 7) is 4.60. The van der Waals surface area contributed by atoms with Crippen molar-refractivity contribution >= 4 is 17.9 Å². The molecular formula is C52H91NO7. The number of carboxylic acid groups (broad SMARTS) is 1. The van der Waals surface area contributed by atoms with Crippen molar-refractivity contribution in [2.24, 2.45) is 0 Å². The van der Waals surface area contributed by atoms with Gasteiger partial charge in [0, 0.05) is 19.3 Å². The fourth-order valence-corrected chi connectivity index (χ4v) is 6.81. The topological polar surface area (TPSA) is 102 Å². The maximum atomic E-state index is 12.8. The molecule has 0 rings (SSSR count). The van der Waals surface area contributed by atoms with E-state index in [2.05, 4.69) is 74.6 Å². The van der Waals surface area contributed by atoms with Gasteiger partial charge in [-0.05, 0) is 83.5 Å². The van der Waals surface area contributed by atoms with E-state index in [1.54, 1.807) is 21.1 Å². The maximum absolute atomic E-state index is 12.8. The fourth-order valence-electron chi connectivity index (χ4n) is 6.81. The standard InChI is InChI=1S/C52H91NO7/c1-6-8-10-12-14-16-18-20-22-23-24-25-26-27-29-31-33-35-37-39-41-43-51(55)60-48(46-58-45-44-49(52(56)57)53(3,4)5)47-59-50(54)42-40-38-36-34-32-30-28-21-19-17-15-13-11-9-7-2/h14,16-17,19-20,22,24-25,27,29,48-49H,6-13,15,18,21,23,26,28,30-47H2,1-5H3/b16-14+,19-17+,22-20+,25-24+,29-27+. The second kappa shape index (κ2) is 42.7. The largest absolute Gasteiger partial charge is 0.544 e. The van der Waals surface area contributed by atoms with Crippen LogP contribution in [0, 0.1) is 0 Å². The van der Waals surface area contributed by atoms with Crippen LogP contribution in [0.2, 0.25) is 0 Å². The normalized spacial score (nSPS) is 13.4. The van der Waals surface area contributed by atoms with Crippen molar-refractivity contribution in [1.82, 2.24) is 0 Å². The molecule has 0 saturated heterocycles. The van der Waals surface area contributed by atoms with E-state index in [0.29, 0.717) is 12.8 Å². The third-order valence-corrected chi connectivity index (χ3v) is 10.6. The molecule has 0 aromatic heterocycles. The van der Waals surface area contributed by atoms with Crippen LogP contribution in [-0.4, -0.2) is 75.5 Å². The average molecular weight is 842 g/mol. The molecular weight excluding hydrogens is 751 g/mol. The first-order valence-electron chi connectivity index (χ1n) is 24.3. The number of ether oxygens (including phenoxy) is 3. The van der Waals surface area contributed by atoms with Crippen LogP contribution in [0.25, 0.3) is 0 Å². The van der Waals surface area contributed by atoms with E-state index in [0.717, 1.165) is 77.0 Å². The molecule has 0 spiro atoms. The second-order valence-corrected chi connectivity index (χ2v) is 17.3. The smallest absolute Gasteiger partial charge is 0.306 e. The van der Waals surface area contributed by atoms with E-state index in [-0.39, 0.29) is 42.7 Å². The van der Waals surface area contributed by atoms with Gasteiger partial charge in [-0.1, -0.05) is 158 Å². The zero-order valence-electron chi connectivity index (χ0n) is 39.4. The number of esters is 2. The first-order chi connectivity index (χ1) is 29.1. The van der Waals surface area contributed by atoms with E-state index in [9.17, 15) is 19.5 Å². The van der Waals surface area contributed by atoms with Crippen molar-refractivity contribution in [2.45, 2.75) is 212 Å². The van der Waals surface area contributed by atoms with Gasteiger partial charge in [0.25, 0.3) is 0 Å². The number of rotatable bonds is 43. The Hall–Kier alpha value is -2.97. The van der Waals surface area contributed by atoms with Crippen molar-refractivity contribution in [2.75, 3.05) is 41.0 Å². The summed E-state index contributed by atoms with van der Waals surface area (Å²) in [7, 11) is 5.40. The minimum Gasteiger partial charge on any atom is -0.544 e. The fraction of sp³-hybridized carbons (Fsp3) is 0.750. The number of unbranched alkanes of at least 4 members (excludes halogenated alkanes) is 19. The number of nitrogens with zero attached hydrogens (tertiary/aromatic N) is 1. The third kappa shape index (κ3) is 40.4. The van der Waals surface area contributed by atoms with Gasteiger partial charge < -0.3 is 28.6 Å². The molecule has 0 amide bonds. The van der Waals surface area contributed by atoms with Crippen molar-refractivity contribution < 1.29 is 38.2 Å². The van der Waals surface area contributed by atoms with E-state index in [4.69, 9.17) is 14.2 Å². The zero-order chi connectivity index (χ0) is 44.2. The van der Waals surface area contributed by atoms with Crippen LogP contribution in [-0.2, 0) is 28.6 Å². The Labute approximate surface area is 368 Å². The highest BCUT2D eigenvalue weighted by atomic mass is 16.6. The lowest BCUT2D eigenvalue weighted by molar-refractivity contribution is -0.889. The molecule has 0 aliphatic heterocycles. The highest BCUT2D eigenvalue weighted by Crippen LogP contribution is 2.14. The molecule has 0 aromatic carbocycles. The van der Waals surface area contributed by atoms with Crippen LogP contribution in [0.1, 0.15) is 200 Å². The molecule has 0 saturated carbocycles. The van der Waals surface area contributed by atoms with Gasteiger partial charge in [0.05, 0.1) is 40.3 Å². The molecule has 346 valence electrons. The van der Waals surface area contributed by atoms with Gasteiger partial charge in [0.1, 0.15) is 12.6 Å². The molecule has 2 unspecified atom stereocenters. The van der Waals surface area contributed by atoms with E-state index in [1.165, 1.54) is 89.9 Å². The maximum Gasteiger partial charge on any atom is 0.306 e. The van der Waals surface area contributed by atoms with Gasteiger partial charge in [-0.2, -0.15) is 0 Å². The Morgan fingerprint density at radius 2 is 0.883 bits per heavy atom. The minimum atomic E-state index is -1.13. The highest BCUT2D eigenvalue weighted by Gasteiger charge is 2.25. The molecule has 0 heterocycles. The zero-order valence-corrected chi connectivity index (χ0v) is 39.4. The molecule has 8 heteroatoms. The van der Waals surface area contributed by atoms with Crippen molar-refractivity contribution in [3.63, 3.8) is 0 Å². The van der Waals surface area contributed by atoms with E-state index in [1.807, 2.05) is 0 Å². The van der Waals surface area contributed by atoms with Gasteiger partial charge in [-0.15, -0.1) is 0 Å². The monoisotopic (exact) mass is 842 g/mol. The lowest BCUT2D eigenvalue weighted by atomic mass is 10.1. The summed E-state index contributed by atoms with van der Waals surface area (Å²) < 4.78 is 17.2. The first kappa shape index (κ1) is 57.0. The number of carbonyl (C=O) groups is 3. The Balaban J connectivity index is 4.34. The third-order valence-electron chi connectivity index (χ3n) is 10.6. The SMILES string of the molecule is CCCCC/C=C/C/C=C/C/C=C/C/C=C/CCCCCCCC(=O)OC(COCCC(C(=O)[O-])[N+](C)(C)C)COC(=O)CCCCCCCCC/C=C/CCCCCC. The van der Waals surface area contributed by atoms with Gasteiger partial charge in [-0.25, -0.2) is 0 Å². The van der Waals surface area contributed by atoms with Crippen LogP contribution < -0.4 is 5.11 Å². The average Bonchev–Trinajstić information content (AvgIpc) is 3.21. The molecule has 0 aromatic rings. The summed E-state index contributed by atoms with van der Waals surface area (Å²) in [4.78, 5) is 37.0. The lowest BCUT2D eigenvalue weighted by Gasteiger charge is -2.34. The highest BCUT2D eigenvalue weighted by molar-refractivity contribution is 5.70. The van der Waals surface area contributed by atoms with Crippen LogP contribution in [0.5, 0.6) is 0 Å². The van der Waals surface area contributed by atoms with Crippen LogP contribution in [0.3, 0.4) is 0 Å². The molecule has 2 atom stereocenters. The van der Waals surface area contributed by atoms with Crippen LogP contribution in [0.15, 0.2) is 60.8 Å². The summed E-state index contributed by atoms with van der Waals surface area (Å²) in [6.07, 6.45) is 52.4. The van der Waals surface area contributed by atoms with Crippen LogP contribution >= 0.6 is 0 Å². The molecule has 60 heavy (non-hydrogen) atoms. The Morgan fingerprint density at radius 1 is 0.500 bits per heavy atom. The number of carboxylic acids is 1. The van der Waals surface area contributed by atoms with Gasteiger partial charge in [0.15, 0.2) is 6.10 Å². The molecule has 0 N–H and O–H groups in total. The first-order valence-corrected chi connectivity index (χ1v) is 24.3. The molecule has 0 fully saturated rings. The molecule has 0 aliphatic carbocycles. The molecule has 0 aliphatic rings. The summed E-state index contributed by atoms with van der Waals surface area (Å²) in [6, 6.07) is -0.732. The Bertz CT molecular complexity index is 1170. The van der Waals surface area contributed by atoms with Crippen molar-refractivity contribution in [3.8, 4) is 0 Å². The predicted molar refractivity (Wildman–Crippen MR) is 249 cm³/mol. The quantitative estimate of drug-likeness (QED) is 0.0261. The molecule has 0 radical (unpaired) electrons. The Kier molecular flexibility index (Phi) is 40.6. The number of aliphatic carboxylic acids is 1. The van der Waals surface area contributed by atoms with Gasteiger partial charge in [0.2, 0.25) is 0 Å². The summed E-state index contributed by atoms with van der Waals surface area (Å²) in [5.41, 5.74) is 0.